The van der Waals surface area contributed by atoms with Crippen molar-refractivity contribution < 1.29 is 4.39 Å². The fourth-order valence-electron chi connectivity index (χ4n) is 2.55. The smallest absolute Gasteiger partial charge is 0.126 e. The Morgan fingerprint density at radius 2 is 2.00 bits per heavy atom. The Balaban J connectivity index is 1.90. The Morgan fingerprint density at radius 3 is 2.61 bits per heavy atom. The molecule has 18 heavy (non-hydrogen) atoms. The number of benzene rings is 1. The van der Waals surface area contributed by atoms with E-state index < -0.39 is 0 Å². The number of hydrogen-bond acceptors (Lipinski definition) is 1. The molecule has 1 fully saturated rings. The topological polar surface area (TPSA) is 12.0 Å². The molecule has 0 spiro atoms. The quantitative estimate of drug-likeness (QED) is 0.856. The molecular weight excluding hydrogens is 225 g/mol. The van der Waals surface area contributed by atoms with Crippen molar-refractivity contribution in [3.63, 3.8) is 0 Å². The molecule has 1 nitrogen and oxygen atoms in total. The van der Waals surface area contributed by atoms with Crippen LogP contribution in [0.15, 0.2) is 24.3 Å². The maximum atomic E-state index is 13.6. The Bertz CT molecular complexity index is 421. The highest BCUT2D eigenvalue weighted by atomic mass is 19.1. The van der Waals surface area contributed by atoms with E-state index >= 15 is 0 Å². The molecule has 1 aliphatic carbocycles. The number of halogens is 1. The molecule has 1 aliphatic rings. The van der Waals surface area contributed by atoms with Crippen LogP contribution in [0, 0.1) is 17.2 Å². The number of rotatable bonds is 4. The first-order valence-corrected chi connectivity index (χ1v) is 6.79. The zero-order valence-corrected chi connectivity index (χ0v) is 11.9. The van der Waals surface area contributed by atoms with Crippen LogP contribution in [-0.2, 0) is 6.42 Å². The minimum atomic E-state index is -0.0619. The zero-order valence-electron chi connectivity index (χ0n) is 11.9. The highest BCUT2D eigenvalue weighted by molar-refractivity contribution is 5.21. The lowest BCUT2D eigenvalue weighted by Crippen LogP contribution is -2.37. The van der Waals surface area contributed by atoms with Crippen molar-refractivity contribution >= 4 is 0 Å². The third kappa shape index (κ3) is 3.32. The minimum Gasteiger partial charge on any atom is -0.312 e. The summed E-state index contributed by atoms with van der Waals surface area (Å²) in [6.07, 6.45) is 2.06. The third-order valence-electron chi connectivity index (χ3n) is 3.97. The van der Waals surface area contributed by atoms with Crippen LogP contribution in [0.4, 0.5) is 4.39 Å². The van der Waals surface area contributed by atoms with Gasteiger partial charge in [-0.05, 0) is 63.1 Å². The lowest BCUT2D eigenvalue weighted by atomic mass is 9.95. The molecule has 100 valence electrons. The molecule has 2 rings (SSSR count). The monoisotopic (exact) mass is 249 g/mol. The lowest BCUT2D eigenvalue weighted by Gasteiger charge is -2.21. The maximum absolute atomic E-state index is 13.6. The van der Waals surface area contributed by atoms with E-state index in [2.05, 4.69) is 33.0 Å². The molecule has 2 atom stereocenters. The minimum absolute atomic E-state index is 0.0619. The summed E-state index contributed by atoms with van der Waals surface area (Å²) in [5.41, 5.74) is 1.31. The van der Waals surface area contributed by atoms with Gasteiger partial charge in [-0.25, -0.2) is 4.39 Å². The summed E-state index contributed by atoms with van der Waals surface area (Å²) in [7, 11) is 0. The molecular formula is C16H24FN. The van der Waals surface area contributed by atoms with Gasteiger partial charge in [0.25, 0.3) is 0 Å². The molecule has 1 N–H and O–H groups in total. The van der Waals surface area contributed by atoms with E-state index in [-0.39, 0.29) is 16.8 Å². The van der Waals surface area contributed by atoms with E-state index in [0.717, 1.165) is 18.5 Å². The van der Waals surface area contributed by atoms with Gasteiger partial charge in [0.2, 0.25) is 0 Å². The van der Waals surface area contributed by atoms with E-state index in [0.29, 0.717) is 5.92 Å². The van der Waals surface area contributed by atoms with Gasteiger partial charge in [0.15, 0.2) is 0 Å². The fourth-order valence-corrected chi connectivity index (χ4v) is 2.55. The van der Waals surface area contributed by atoms with Gasteiger partial charge in [-0.1, -0.05) is 25.1 Å². The molecule has 0 amide bonds. The second-order valence-electron chi connectivity index (χ2n) is 6.95. The molecule has 0 heterocycles. The SMILES string of the molecule is CC(C)(C)NCC1CC1(C)Cc1ccccc1F. The average molecular weight is 249 g/mol. The summed E-state index contributed by atoms with van der Waals surface area (Å²) >= 11 is 0. The molecule has 2 heteroatoms. The summed E-state index contributed by atoms with van der Waals surface area (Å²) in [4.78, 5) is 0. The standard InChI is InChI=1S/C16H24FN/c1-15(2,3)18-11-13-10-16(13,4)9-12-7-5-6-8-14(12)17/h5-8,13,18H,9-11H2,1-4H3. The van der Waals surface area contributed by atoms with Crippen LogP contribution in [0.2, 0.25) is 0 Å². The Hall–Kier alpha value is -0.890. The van der Waals surface area contributed by atoms with Crippen molar-refractivity contribution in [3.8, 4) is 0 Å². The van der Waals surface area contributed by atoms with Gasteiger partial charge in [-0.2, -0.15) is 0 Å². The summed E-state index contributed by atoms with van der Waals surface area (Å²) in [5, 5.41) is 3.55. The summed E-state index contributed by atoms with van der Waals surface area (Å²) in [6.45, 7) is 9.86. The van der Waals surface area contributed by atoms with Crippen LogP contribution in [0.1, 0.15) is 39.7 Å². The maximum Gasteiger partial charge on any atom is 0.126 e. The second-order valence-corrected chi connectivity index (χ2v) is 6.95. The van der Waals surface area contributed by atoms with Crippen molar-refractivity contribution in [2.24, 2.45) is 11.3 Å². The van der Waals surface area contributed by atoms with Crippen molar-refractivity contribution in [1.82, 2.24) is 5.32 Å². The van der Waals surface area contributed by atoms with E-state index in [1.807, 2.05) is 12.1 Å². The Morgan fingerprint density at radius 1 is 1.33 bits per heavy atom. The molecule has 1 aromatic carbocycles. The van der Waals surface area contributed by atoms with Gasteiger partial charge in [-0.3, -0.25) is 0 Å². The van der Waals surface area contributed by atoms with Crippen LogP contribution in [0.25, 0.3) is 0 Å². The zero-order chi connectivity index (χ0) is 13.4. The van der Waals surface area contributed by atoms with Gasteiger partial charge in [0.05, 0.1) is 0 Å². The van der Waals surface area contributed by atoms with Crippen LogP contribution in [-0.4, -0.2) is 12.1 Å². The Labute approximate surface area is 110 Å². The highest BCUT2D eigenvalue weighted by Gasteiger charge is 2.49. The van der Waals surface area contributed by atoms with Gasteiger partial charge >= 0.3 is 0 Å². The van der Waals surface area contributed by atoms with Gasteiger partial charge in [0.1, 0.15) is 5.82 Å². The number of nitrogens with one attached hydrogen (secondary N) is 1. The fraction of sp³-hybridized carbons (Fsp3) is 0.625. The van der Waals surface area contributed by atoms with Crippen LogP contribution in [0.5, 0.6) is 0 Å². The largest absolute Gasteiger partial charge is 0.312 e. The van der Waals surface area contributed by atoms with Crippen LogP contribution in [0.3, 0.4) is 0 Å². The molecule has 1 aromatic rings. The first kappa shape index (κ1) is 13.5. The van der Waals surface area contributed by atoms with Gasteiger partial charge in [-0.15, -0.1) is 0 Å². The lowest BCUT2D eigenvalue weighted by molar-refractivity contribution is 0.385. The highest BCUT2D eigenvalue weighted by Crippen LogP contribution is 2.54. The van der Waals surface area contributed by atoms with Crippen LogP contribution < -0.4 is 5.32 Å². The van der Waals surface area contributed by atoms with Gasteiger partial charge in [0, 0.05) is 5.54 Å². The van der Waals surface area contributed by atoms with Crippen molar-refractivity contribution in [3.05, 3.63) is 35.6 Å². The molecule has 0 aromatic heterocycles. The van der Waals surface area contributed by atoms with Gasteiger partial charge < -0.3 is 5.32 Å². The Kier molecular flexibility index (Phi) is 3.50. The van der Waals surface area contributed by atoms with E-state index in [9.17, 15) is 4.39 Å². The molecule has 0 radical (unpaired) electrons. The van der Waals surface area contributed by atoms with Crippen molar-refractivity contribution in [2.45, 2.75) is 46.1 Å². The van der Waals surface area contributed by atoms with E-state index in [4.69, 9.17) is 0 Å². The summed E-state index contributed by atoms with van der Waals surface area (Å²) < 4.78 is 13.6. The predicted octanol–water partition coefficient (Wildman–Crippen LogP) is 3.78. The normalized spacial score (nSPS) is 27.3. The summed E-state index contributed by atoms with van der Waals surface area (Å²) in [5.74, 6) is 0.615. The van der Waals surface area contributed by atoms with Crippen molar-refractivity contribution in [1.29, 1.82) is 0 Å². The second kappa shape index (κ2) is 4.65. The molecule has 0 saturated heterocycles. The summed E-state index contributed by atoms with van der Waals surface area (Å²) in [6, 6.07) is 7.15. The van der Waals surface area contributed by atoms with E-state index in [1.165, 1.54) is 6.42 Å². The molecule has 0 bridgehead atoms. The first-order valence-electron chi connectivity index (χ1n) is 6.79. The van der Waals surface area contributed by atoms with Crippen LogP contribution >= 0.6 is 0 Å². The third-order valence-corrected chi connectivity index (χ3v) is 3.97. The van der Waals surface area contributed by atoms with Crippen molar-refractivity contribution in [2.75, 3.05) is 6.54 Å². The van der Waals surface area contributed by atoms with E-state index in [1.54, 1.807) is 12.1 Å². The predicted molar refractivity (Wildman–Crippen MR) is 74.1 cm³/mol. The number of hydrogen-bond donors (Lipinski definition) is 1. The molecule has 2 unspecified atom stereocenters. The average Bonchev–Trinajstić information content (AvgIpc) is 2.89. The first-order chi connectivity index (χ1) is 8.30. The molecule has 1 saturated carbocycles. The molecule has 0 aliphatic heterocycles.